The second kappa shape index (κ2) is 12.5. The van der Waals surface area contributed by atoms with Crippen LogP contribution in [0, 0.1) is 12.8 Å². The lowest BCUT2D eigenvalue weighted by atomic mass is 9.96. The summed E-state index contributed by atoms with van der Waals surface area (Å²) in [7, 11) is 0. The molecule has 0 radical (unpaired) electrons. The van der Waals surface area contributed by atoms with Gasteiger partial charge in [0.2, 0.25) is 11.8 Å². The van der Waals surface area contributed by atoms with Gasteiger partial charge in [0.25, 0.3) is 11.5 Å². The van der Waals surface area contributed by atoms with Gasteiger partial charge >= 0.3 is 5.97 Å². The number of aryl methyl sites for hydroxylation is 1. The fraction of sp³-hybridized carbons (Fsp3) is 0.481. The van der Waals surface area contributed by atoms with Gasteiger partial charge in [-0.1, -0.05) is 18.2 Å². The van der Waals surface area contributed by atoms with Crippen LogP contribution in [0.25, 0.3) is 0 Å². The van der Waals surface area contributed by atoms with E-state index in [0.717, 1.165) is 19.3 Å². The van der Waals surface area contributed by atoms with E-state index in [4.69, 9.17) is 9.26 Å². The highest BCUT2D eigenvalue weighted by atomic mass is 16.5. The van der Waals surface area contributed by atoms with Gasteiger partial charge < -0.3 is 29.8 Å². The predicted molar refractivity (Wildman–Crippen MR) is 140 cm³/mol. The van der Waals surface area contributed by atoms with E-state index in [-0.39, 0.29) is 35.7 Å². The van der Waals surface area contributed by atoms with Crippen LogP contribution in [-0.2, 0) is 19.1 Å². The van der Waals surface area contributed by atoms with Crippen LogP contribution in [0.1, 0.15) is 67.7 Å². The van der Waals surface area contributed by atoms with E-state index in [1.807, 2.05) is 0 Å². The first-order valence-corrected chi connectivity index (χ1v) is 13.2. The number of esters is 1. The van der Waals surface area contributed by atoms with Gasteiger partial charge in [-0.3, -0.25) is 19.2 Å². The highest BCUT2D eigenvalue weighted by Gasteiger charge is 2.29. The van der Waals surface area contributed by atoms with Crippen LogP contribution in [0.15, 0.2) is 45.9 Å². The zero-order valence-corrected chi connectivity index (χ0v) is 22.0. The first-order valence-electron chi connectivity index (χ1n) is 13.2. The summed E-state index contributed by atoms with van der Waals surface area (Å²) in [5.74, 6) is -1.55. The van der Waals surface area contributed by atoms with Crippen molar-refractivity contribution in [2.24, 2.45) is 5.92 Å². The zero-order valence-electron chi connectivity index (χ0n) is 22.0. The number of pyridine rings is 1. The average Bonchev–Trinajstić information content (AvgIpc) is 3.50. The number of amides is 3. The summed E-state index contributed by atoms with van der Waals surface area (Å²) in [6.07, 6.45) is 8.11. The van der Waals surface area contributed by atoms with Crippen molar-refractivity contribution in [2.75, 3.05) is 11.9 Å². The number of ether oxygens (including phenoxy) is 1. The zero-order chi connectivity index (χ0) is 27.9. The number of anilines is 1. The molecule has 0 unspecified atom stereocenters. The highest BCUT2D eigenvalue weighted by Crippen LogP contribution is 2.22. The molecule has 1 aliphatic heterocycles. The number of carbonyl (C=O) groups is 4. The molecule has 0 bridgehead atoms. The van der Waals surface area contributed by atoms with Gasteiger partial charge in [0.15, 0.2) is 5.69 Å². The molecular weight excluding hydrogens is 506 g/mol. The molecule has 12 nitrogen and oxygen atoms in total. The maximum Gasteiger partial charge on any atom is 0.330 e. The molecule has 3 heterocycles. The molecule has 1 saturated carbocycles. The number of hydrogen-bond acceptors (Lipinski definition) is 8. The van der Waals surface area contributed by atoms with Crippen molar-refractivity contribution in [2.45, 2.75) is 70.6 Å². The molecule has 2 fully saturated rings. The Kier molecular flexibility index (Phi) is 8.95. The van der Waals surface area contributed by atoms with E-state index in [9.17, 15) is 24.0 Å². The predicted octanol–water partition coefficient (Wildman–Crippen LogP) is 2.01. The van der Waals surface area contributed by atoms with Crippen molar-refractivity contribution < 1.29 is 28.4 Å². The van der Waals surface area contributed by atoms with Crippen LogP contribution >= 0.6 is 0 Å². The Morgan fingerprint density at radius 3 is 2.69 bits per heavy atom. The van der Waals surface area contributed by atoms with Crippen LogP contribution in [0.4, 0.5) is 5.69 Å². The van der Waals surface area contributed by atoms with Crippen LogP contribution in [0.5, 0.6) is 0 Å². The second-order valence-corrected chi connectivity index (χ2v) is 9.81. The topological polar surface area (TPSA) is 162 Å². The molecule has 3 amide bonds. The number of carbonyl (C=O) groups excluding carboxylic acids is 4. The normalized spacial score (nSPS) is 18.7. The summed E-state index contributed by atoms with van der Waals surface area (Å²) >= 11 is 0. The third kappa shape index (κ3) is 7.01. The van der Waals surface area contributed by atoms with Gasteiger partial charge in [0.1, 0.15) is 23.6 Å². The fourth-order valence-electron chi connectivity index (χ4n) is 4.55. The van der Waals surface area contributed by atoms with Crippen LogP contribution < -0.4 is 21.5 Å². The molecule has 2 aromatic heterocycles. The summed E-state index contributed by atoms with van der Waals surface area (Å²) in [6, 6.07) is 2.89. The summed E-state index contributed by atoms with van der Waals surface area (Å²) in [5, 5.41) is 11.8. The number of hydrogen-bond donors (Lipinski definition) is 3. The lowest BCUT2D eigenvalue weighted by Gasteiger charge is -2.25. The van der Waals surface area contributed by atoms with E-state index in [1.54, 1.807) is 19.9 Å². The second-order valence-electron chi connectivity index (χ2n) is 9.81. The molecule has 208 valence electrons. The molecule has 2 aliphatic rings. The van der Waals surface area contributed by atoms with E-state index < -0.39 is 35.4 Å². The third-order valence-corrected chi connectivity index (χ3v) is 6.94. The molecule has 1 saturated heterocycles. The molecule has 3 N–H and O–H groups in total. The lowest BCUT2D eigenvalue weighted by Crippen LogP contribution is -2.43. The Bertz CT molecular complexity index is 1310. The Morgan fingerprint density at radius 1 is 1.28 bits per heavy atom. The standard InChI is InChI=1S/C27H33N5O7/c1-3-22(32-13-5-8-20(27(32)37)30-25(35)21-14-16(2)39-31-21)26(36)29-18(15-17-11-12-28-24(17)34)9-10-23(33)38-19-6-4-7-19/h5,8-10,13-14,17-19,22H,3-4,6-7,11-12,15H2,1-2H3,(H,28,34)(H,29,36)(H,30,35)/b10-9+/t17-,18+,22-/m0/s1. The van der Waals surface area contributed by atoms with Crippen molar-refractivity contribution in [1.29, 1.82) is 0 Å². The minimum Gasteiger partial charge on any atom is -0.459 e. The van der Waals surface area contributed by atoms with Crippen LogP contribution in [-0.4, -0.2) is 52.1 Å². The molecule has 1 aliphatic carbocycles. The minimum atomic E-state index is -0.904. The molecule has 4 rings (SSSR count). The monoisotopic (exact) mass is 539 g/mol. The smallest absolute Gasteiger partial charge is 0.330 e. The van der Waals surface area contributed by atoms with Crippen molar-refractivity contribution in [1.82, 2.24) is 20.4 Å². The number of rotatable bonds is 11. The Morgan fingerprint density at radius 2 is 2.08 bits per heavy atom. The fourth-order valence-corrected chi connectivity index (χ4v) is 4.55. The van der Waals surface area contributed by atoms with E-state index in [2.05, 4.69) is 21.1 Å². The van der Waals surface area contributed by atoms with Gasteiger partial charge in [-0.15, -0.1) is 0 Å². The lowest BCUT2D eigenvalue weighted by molar-refractivity contribution is -0.146. The molecule has 0 aromatic carbocycles. The molecular formula is C27H33N5O7. The quantitative estimate of drug-likeness (QED) is 0.289. The molecule has 12 heteroatoms. The van der Waals surface area contributed by atoms with Crippen molar-refractivity contribution >= 4 is 29.4 Å². The van der Waals surface area contributed by atoms with Crippen molar-refractivity contribution in [3.05, 3.63) is 58.4 Å². The van der Waals surface area contributed by atoms with E-state index in [1.165, 1.54) is 35.0 Å². The largest absolute Gasteiger partial charge is 0.459 e. The van der Waals surface area contributed by atoms with Crippen molar-refractivity contribution in [3.63, 3.8) is 0 Å². The molecule has 2 aromatic rings. The minimum absolute atomic E-state index is 0.0211. The van der Waals surface area contributed by atoms with E-state index >= 15 is 0 Å². The maximum atomic E-state index is 13.4. The average molecular weight is 540 g/mol. The summed E-state index contributed by atoms with van der Waals surface area (Å²) < 4.78 is 11.5. The maximum absolute atomic E-state index is 13.4. The van der Waals surface area contributed by atoms with Crippen molar-refractivity contribution in [3.8, 4) is 0 Å². The summed E-state index contributed by atoms with van der Waals surface area (Å²) in [5.41, 5.74) is -0.569. The number of nitrogens with zero attached hydrogens (tertiary/aromatic N) is 2. The van der Waals surface area contributed by atoms with E-state index in [0.29, 0.717) is 25.1 Å². The summed E-state index contributed by atoms with van der Waals surface area (Å²) in [4.78, 5) is 63.5. The molecule has 39 heavy (non-hydrogen) atoms. The number of nitrogens with one attached hydrogen (secondary N) is 3. The number of aromatic nitrogens is 2. The van der Waals surface area contributed by atoms with Gasteiger partial charge in [-0.05, 0) is 57.6 Å². The van der Waals surface area contributed by atoms with Gasteiger partial charge in [-0.25, -0.2) is 4.79 Å². The Labute approximate surface area is 225 Å². The summed E-state index contributed by atoms with van der Waals surface area (Å²) in [6.45, 7) is 3.95. The van der Waals surface area contributed by atoms with Gasteiger partial charge in [0, 0.05) is 36.8 Å². The third-order valence-electron chi connectivity index (χ3n) is 6.94. The van der Waals surface area contributed by atoms with Crippen LogP contribution in [0.3, 0.4) is 0 Å². The van der Waals surface area contributed by atoms with Gasteiger partial charge in [0.05, 0.1) is 0 Å². The Hall–Kier alpha value is -4.22. The highest BCUT2D eigenvalue weighted by molar-refractivity contribution is 6.02. The Balaban J connectivity index is 1.49. The molecule has 3 atom stereocenters. The first-order chi connectivity index (χ1) is 18.7. The first kappa shape index (κ1) is 27.8. The molecule has 0 spiro atoms. The SMILES string of the molecule is CC[C@@H](C(=O)N[C@H](/C=C/C(=O)OC1CCC1)C[C@@H]1CCNC1=O)n1cccc(NC(=O)c2cc(C)on2)c1=O. The van der Waals surface area contributed by atoms with Crippen LogP contribution in [0.2, 0.25) is 0 Å². The van der Waals surface area contributed by atoms with Gasteiger partial charge in [-0.2, -0.15) is 0 Å².